The molecule has 6 heteroatoms. The van der Waals surface area contributed by atoms with E-state index in [1.807, 2.05) is 17.5 Å². The zero-order valence-electron chi connectivity index (χ0n) is 16.1. The van der Waals surface area contributed by atoms with Crippen LogP contribution in [-0.4, -0.2) is 13.1 Å². The van der Waals surface area contributed by atoms with E-state index in [4.69, 9.17) is 13.9 Å². The van der Waals surface area contributed by atoms with E-state index >= 15 is 0 Å². The number of benzene rings is 1. The number of carbonyl (C=O) groups is 1. The van der Waals surface area contributed by atoms with Gasteiger partial charge in [-0.1, -0.05) is 6.07 Å². The highest BCUT2D eigenvalue weighted by molar-refractivity contribution is 7.13. The molecule has 4 rings (SSSR count). The molecule has 2 heterocycles. The van der Waals surface area contributed by atoms with Crippen molar-refractivity contribution >= 4 is 28.1 Å². The van der Waals surface area contributed by atoms with Crippen molar-refractivity contribution in [1.82, 2.24) is 0 Å². The van der Waals surface area contributed by atoms with Gasteiger partial charge in [0.25, 0.3) is 0 Å². The summed E-state index contributed by atoms with van der Waals surface area (Å²) < 4.78 is 16.6. The molecule has 0 bridgehead atoms. The maximum atomic E-state index is 12.9. The third-order valence-electron chi connectivity index (χ3n) is 4.66. The quantitative estimate of drug-likeness (QED) is 0.427. The molecule has 2 aromatic carbocycles. The Bertz CT molecular complexity index is 1250. The largest absolute Gasteiger partial charge is 0.497 e. The van der Waals surface area contributed by atoms with Crippen LogP contribution in [0.15, 0.2) is 63.1 Å². The molecule has 4 aromatic rings. The third kappa shape index (κ3) is 3.54. The van der Waals surface area contributed by atoms with Gasteiger partial charge in [0.1, 0.15) is 23.0 Å². The fourth-order valence-electron chi connectivity index (χ4n) is 3.30. The minimum Gasteiger partial charge on any atom is -0.497 e. The van der Waals surface area contributed by atoms with Crippen LogP contribution in [-0.2, 0) is 0 Å². The van der Waals surface area contributed by atoms with Crippen molar-refractivity contribution in [2.45, 2.75) is 13.8 Å². The van der Waals surface area contributed by atoms with Gasteiger partial charge in [0.2, 0.25) is 0 Å². The molecule has 146 valence electrons. The minimum atomic E-state index is -0.525. The lowest BCUT2D eigenvalue weighted by atomic mass is 10.2. The average Bonchev–Trinajstić information content (AvgIpc) is 3.31. The van der Waals surface area contributed by atoms with Gasteiger partial charge in [-0.25, -0.2) is 4.79 Å². The molecule has 0 amide bonds. The van der Waals surface area contributed by atoms with Crippen molar-refractivity contribution < 1.29 is 18.7 Å². The number of furan rings is 1. The van der Waals surface area contributed by atoms with Crippen LogP contribution in [0.4, 0.5) is 0 Å². The number of thiophene rings is 1. The maximum Gasteiger partial charge on any atom is 0.343 e. The molecule has 2 aromatic heterocycles. The monoisotopic (exact) mass is 406 g/mol. The topological polar surface area (TPSA) is 65.7 Å². The molecule has 0 saturated heterocycles. The molecule has 0 radical (unpaired) electrons. The highest BCUT2D eigenvalue weighted by atomic mass is 32.1. The van der Waals surface area contributed by atoms with Crippen molar-refractivity contribution in [3.05, 3.63) is 81.2 Å². The summed E-state index contributed by atoms with van der Waals surface area (Å²) in [5.74, 6) is 1.44. The Morgan fingerprint density at radius 1 is 1.00 bits per heavy atom. The Labute approximate surface area is 171 Å². The third-order valence-corrected chi connectivity index (χ3v) is 5.58. The Morgan fingerprint density at radius 2 is 1.72 bits per heavy atom. The first-order valence-corrected chi connectivity index (χ1v) is 9.84. The van der Waals surface area contributed by atoms with Crippen molar-refractivity contribution in [1.29, 1.82) is 0 Å². The molecular weight excluding hydrogens is 388 g/mol. The van der Waals surface area contributed by atoms with Gasteiger partial charge in [-0.2, -0.15) is 0 Å². The summed E-state index contributed by atoms with van der Waals surface area (Å²) in [6, 6.07) is 13.8. The van der Waals surface area contributed by atoms with Gasteiger partial charge in [0.15, 0.2) is 5.43 Å². The van der Waals surface area contributed by atoms with Crippen LogP contribution in [0.25, 0.3) is 21.2 Å². The van der Waals surface area contributed by atoms with Gasteiger partial charge in [0, 0.05) is 4.88 Å². The SMILES string of the molecule is COc1ccc(C(=O)Oc2cc(-c3cccs3)cc(=O)c3c(C)oc(C)c23)cc1. The Hall–Kier alpha value is -3.38. The molecule has 0 spiro atoms. The van der Waals surface area contributed by atoms with Gasteiger partial charge in [0.05, 0.1) is 23.4 Å². The molecule has 0 fully saturated rings. The summed E-state index contributed by atoms with van der Waals surface area (Å²) in [7, 11) is 1.56. The number of ether oxygens (including phenoxy) is 2. The van der Waals surface area contributed by atoms with Crippen molar-refractivity contribution in [3.8, 4) is 21.9 Å². The van der Waals surface area contributed by atoms with Gasteiger partial charge >= 0.3 is 5.97 Å². The lowest BCUT2D eigenvalue weighted by molar-refractivity contribution is 0.0737. The minimum absolute atomic E-state index is 0.176. The molecule has 0 aliphatic carbocycles. The lowest BCUT2D eigenvalue weighted by Gasteiger charge is -2.06. The molecule has 0 saturated carbocycles. The van der Waals surface area contributed by atoms with Crippen LogP contribution in [0.2, 0.25) is 0 Å². The first-order valence-electron chi connectivity index (χ1n) is 8.96. The zero-order chi connectivity index (χ0) is 20.5. The Kier molecular flexibility index (Phi) is 4.94. The van der Waals surface area contributed by atoms with Gasteiger partial charge in [-0.15, -0.1) is 11.3 Å². The summed E-state index contributed by atoms with van der Waals surface area (Å²) in [5, 5.41) is 2.86. The predicted molar refractivity (Wildman–Crippen MR) is 113 cm³/mol. The first kappa shape index (κ1) is 19.0. The Morgan fingerprint density at radius 3 is 2.38 bits per heavy atom. The highest BCUT2D eigenvalue weighted by Gasteiger charge is 2.19. The summed E-state index contributed by atoms with van der Waals surface area (Å²) in [5.41, 5.74) is 0.894. The second kappa shape index (κ2) is 7.56. The van der Waals surface area contributed by atoms with E-state index in [0.717, 1.165) is 4.88 Å². The number of rotatable bonds is 4. The Balaban J connectivity index is 1.88. The van der Waals surface area contributed by atoms with Crippen LogP contribution in [0.3, 0.4) is 0 Å². The van der Waals surface area contributed by atoms with Crippen LogP contribution < -0.4 is 14.9 Å². The normalized spacial score (nSPS) is 10.9. The van der Waals surface area contributed by atoms with Gasteiger partial charge in [-0.3, -0.25) is 4.79 Å². The molecule has 0 unspecified atom stereocenters. The number of hydrogen-bond donors (Lipinski definition) is 0. The smallest absolute Gasteiger partial charge is 0.343 e. The second-order valence-corrected chi connectivity index (χ2v) is 7.48. The summed E-state index contributed by atoms with van der Waals surface area (Å²) >= 11 is 1.51. The van der Waals surface area contributed by atoms with Crippen LogP contribution >= 0.6 is 11.3 Å². The van der Waals surface area contributed by atoms with E-state index in [-0.39, 0.29) is 5.43 Å². The van der Waals surface area contributed by atoms with E-state index in [1.54, 1.807) is 57.4 Å². The van der Waals surface area contributed by atoms with E-state index in [9.17, 15) is 9.59 Å². The first-order chi connectivity index (χ1) is 14.0. The van der Waals surface area contributed by atoms with E-state index in [0.29, 0.717) is 44.9 Å². The number of esters is 1. The number of methoxy groups -OCH3 is 1. The summed E-state index contributed by atoms with van der Waals surface area (Å²) in [6.45, 7) is 3.49. The fourth-order valence-corrected chi connectivity index (χ4v) is 4.01. The van der Waals surface area contributed by atoms with Crippen molar-refractivity contribution in [2.75, 3.05) is 7.11 Å². The number of fused-ring (bicyclic) bond motifs is 1. The predicted octanol–water partition coefficient (Wildman–Crippen LogP) is 5.37. The van der Waals surface area contributed by atoms with Crippen LogP contribution in [0.5, 0.6) is 11.5 Å². The zero-order valence-corrected chi connectivity index (χ0v) is 17.0. The molecular formula is C23H18O5S. The number of aryl methyl sites for hydroxylation is 2. The summed E-state index contributed by atoms with van der Waals surface area (Å²) in [6.07, 6.45) is 0. The number of hydrogen-bond acceptors (Lipinski definition) is 6. The molecule has 0 aliphatic rings. The lowest BCUT2D eigenvalue weighted by Crippen LogP contribution is -2.08. The molecule has 0 aliphatic heterocycles. The standard InChI is InChI=1S/C23H18O5S/c1-13-21-18(24)11-16(20-5-4-10-29-20)12-19(22(21)14(2)27-13)28-23(25)15-6-8-17(26-3)9-7-15/h4-12H,1-3H3. The van der Waals surface area contributed by atoms with Crippen molar-refractivity contribution in [3.63, 3.8) is 0 Å². The van der Waals surface area contributed by atoms with E-state index in [2.05, 4.69) is 0 Å². The van der Waals surface area contributed by atoms with Crippen LogP contribution in [0.1, 0.15) is 21.9 Å². The van der Waals surface area contributed by atoms with E-state index in [1.165, 1.54) is 11.3 Å². The van der Waals surface area contributed by atoms with Gasteiger partial charge < -0.3 is 13.9 Å². The second-order valence-electron chi connectivity index (χ2n) is 6.53. The van der Waals surface area contributed by atoms with Gasteiger partial charge in [-0.05, 0) is 67.3 Å². The van der Waals surface area contributed by atoms with Crippen LogP contribution in [0, 0.1) is 13.8 Å². The van der Waals surface area contributed by atoms with Crippen molar-refractivity contribution in [2.24, 2.45) is 0 Å². The fraction of sp³-hybridized carbons (Fsp3) is 0.130. The maximum absolute atomic E-state index is 12.9. The summed E-state index contributed by atoms with van der Waals surface area (Å²) in [4.78, 5) is 26.6. The van der Waals surface area contributed by atoms with E-state index < -0.39 is 5.97 Å². The average molecular weight is 406 g/mol. The molecule has 0 N–H and O–H groups in total. The molecule has 5 nitrogen and oxygen atoms in total. The molecule has 0 atom stereocenters. The molecule has 29 heavy (non-hydrogen) atoms. The highest BCUT2D eigenvalue weighted by Crippen LogP contribution is 2.35. The number of carbonyl (C=O) groups excluding carboxylic acids is 1.